The van der Waals surface area contributed by atoms with Gasteiger partial charge in [0.2, 0.25) is 0 Å². The lowest BCUT2D eigenvalue weighted by atomic mass is 9.89. The highest BCUT2D eigenvalue weighted by Gasteiger charge is 2.43. The Morgan fingerprint density at radius 1 is 1.15 bits per heavy atom. The van der Waals surface area contributed by atoms with E-state index in [1.165, 1.54) is 7.11 Å². The molecule has 0 unspecified atom stereocenters. The summed E-state index contributed by atoms with van der Waals surface area (Å²) >= 11 is 0. The molecule has 39 heavy (non-hydrogen) atoms. The Morgan fingerprint density at radius 3 is 2.56 bits per heavy atom. The number of benzene rings is 3. The Balaban J connectivity index is 1.59. The molecule has 200 valence electrons. The number of hydrogen-bond acceptors (Lipinski definition) is 6. The molecule has 1 heterocycles. The lowest BCUT2D eigenvalue weighted by Gasteiger charge is -2.17. The molecule has 0 aliphatic heterocycles. The van der Waals surface area contributed by atoms with Crippen molar-refractivity contribution in [1.82, 2.24) is 10.5 Å². The number of nitrogens with zero attached hydrogens (tertiary/aromatic N) is 1. The number of methoxy groups -OCH3 is 1. The van der Waals surface area contributed by atoms with Gasteiger partial charge in [-0.15, -0.1) is 0 Å². The fourth-order valence-electron chi connectivity index (χ4n) is 4.51. The van der Waals surface area contributed by atoms with Gasteiger partial charge in [0.1, 0.15) is 11.4 Å². The first-order valence-electron chi connectivity index (χ1n) is 12.2. The third kappa shape index (κ3) is 5.05. The minimum atomic E-state index is -1.32. The topological polar surface area (TPSA) is 119 Å². The standard InChI is InChI=1S/C29H26F2N4O4/c1-15-12-18(34-27(36)16(2)30)5-7-19(15)20-8-9-22-25(26(32)35-39-22)24(20)17-4-6-21(23(13-17)38-3)28(37)33-14-29(31)10-11-29/h4-9,12-13H,2,10-11,14H2,1,3H3,(H2,32,35)(H,33,37)(H,34,36). The molecule has 10 heteroatoms. The second kappa shape index (κ2) is 9.86. The van der Waals surface area contributed by atoms with Gasteiger partial charge in [0.15, 0.2) is 17.2 Å². The van der Waals surface area contributed by atoms with Crippen molar-refractivity contribution in [3.63, 3.8) is 0 Å². The zero-order valence-electron chi connectivity index (χ0n) is 21.4. The highest BCUT2D eigenvalue weighted by atomic mass is 19.1. The molecule has 0 saturated heterocycles. The molecule has 0 radical (unpaired) electrons. The number of nitrogens with one attached hydrogen (secondary N) is 2. The van der Waals surface area contributed by atoms with Crippen LogP contribution < -0.4 is 21.1 Å². The van der Waals surface area contributed by atoms with Crippen molar-refractivity contribution in [3.8, 4) is 28.0 Å². The maximum absolute atomic E-state index is 14.0. The number of carbonyl (C=O) groups excluding carboxylic acids is 2. The van der Waals surface area contributed by atoms with Gasteiger partial charge in [0.25, 0.3) is 11.8 Å². The molecule has 0 bridgehead atoms. The molecular weight excluding hydrogens is 506 g/mol. The summed E-state index contributed by atoms with van der Waals surface area (Å²) in [6, 6.07) is 13.8. The number of aromatic nitrogens is 1. The summed E-state index contributed by atoms with van der Waals surface area (Å²) in [7, 11) is 1.45. The number of alkyl halides is 1. The van der Waals surface area contributed by atoms with Crippen LogP contribution in [0.1, 0.15) is 28.8 Å². The van der Waals surface area contributed by atoms with E-state index < -0.39 is 23.3 Å². The smallest absolute Gasteiger partial charge is 0.283 e. The summed E-state index contributed by atoms with van der Waals surface area (Å²) in [4.78, 5) is 24.5. The minimum absolute atomic E-state index is 0.0490. The number of carbonyl (C=O) groups is 2. The van der Waals surface area contributed by atoms with Crippen molar-refractivity contribution in [2.24, 2.45) is 0 Å². The number of anilines is 2. The molecule has 1 aromatic heterocycles. The number of nitrogen functional groups attached to an aromatic ring is 1. The van der Waals surface area contributed by atoms with Crippen LogP contribution in [0.4, 0.5) is 20.3 Å². The Kier molecular flexibility index (Phi) is 6.55. The van der Waals surface area contributed by atoms with Crippen molar-refractivity contribution in [1.29, 1.82) is 0 Å². The molecule has 1 aliphatic carbocycles. The van der Waals surface area contributed by atoms with Crippen molar-refractivity contribution >= 4 is 34.3 Å². The molecule has 3 aromatic carbocycles. The molecule has 4 aromatic rings. The first-order chi connectivity index (χ1) is 18.6. The SMILES string of the molecule is C=C(F)C(=O)Nc1ccc(-c2ccc3onc(N)c3c2-c2ccc(C(=O)NCC3(F)CC3)c(OC)c2)c(C)c1. The lowest BCUT2D eigenvalue weighted by molar-refractivity contribution is -0.114. The number of amides is 2. The zero-order chi connectivity index (χ0) is 27.9. The second-order valence-corrected chi connectivity index (χ2v) is 9.57. The number of fused-ring (bicyclic) bond motifs is 1. The first-order valence-corrected chi connectivity index (χ1v) is 12.2. The van der Waals surface area contributed by atoms with Crippen molar-refractivity contribution in [3.05, 3.63) is 72.1 Å². The first kappa shape index (κ1) is 25.9. The second-order valence-electron chi connectivity index (χ2n) is 9.57. The Hall–Kier alpha value is -4.73. The highest BCUT2D eigenvalue weighted by molar-refractivity contribution is 6.08. The Bertz CT molecular complexity index is 1640. The van der Waals surface area contributed by atoms with Gasteiger partial charge in [-0.2, -0.15) is 0 Å². The predicted octanol–water partition coefficient (Wildman–Crippen LogP) is 5.71. The average Bonchev–Trinajstić information content (AvgIpc) is 3.55. The third-order valence-electron chi connectivity index (χ3n) is 6.78. The highest BCUT2D eigenvalue weighted by Crippen LogP contribution is 2.43. The van der Waals surface area contributed by atoms with E-state index in [0.29, 0.717) is 46.4 Å². The Morgan fingerprint density at radius 2 is 1.90 bits per heavy atom. The Labute approximate surface area is 222 Å². The summed E-state index contributed by atoms with van der Waals surface area (Å²) in [6.45, 7) is 4.82. The van der Waals surface area contributed by atoms with Gasteiger partial charge in [-0.05, 0) is 78.4 Å². The molecular formula is C29H26F2N4O4. The average molecular weight is 533 g/mol. The summed E-state index contributed by atoms with van der Waals surface area (Å²) in [5.41, 5.74) is 9.76. The summed E-state index contributed by atoms with van der Waals surface area (Å²) in [5.74, 6) is -1.96. The van der Waals surface area contributed by atoms with Crippen molar-refractivity contribution in [2.45, 2.75) is 25.4 Å². The fourth-order valence-corrected chi connectivity index (χ4v) is 4.51. The van der Waals surface area contributed by atoms with Crippen LogP contribution in [0, 0.1) is 6.92 Å². The number of hydrogen-bond donors (Lipinski definition) is 3. The van der Waals surface area contributed by atoms with Crippen LogP contribution in [0.15, 0.2) is 65.5 Å². The summed E-state index contributed by atoms with van der Waals surface area (Å²) < 4.78 is 38.2. The van der Waals surface area contributed by atoms with Crippen LogP contribution in [0.25, 0.3) is 33.2 Å². The van der Waals surface area contributed by atoms with Gasteiger partial charge in [-0.1, -0.05) is 23.9 Å². The third-order valence-corrected chi connectivity index (χ3v) is 6.78. The van der Waals surface area contributed by atoms with Crippen molar-refractivity contribution < 1.29 is 27.6 Å². The quantitative estimate of drug-likeness (QED) is 0.250. The van der Waals surface area contributed by atoms with Crippen molar-refractivity contribution in [2.75, 3.05) is 24.7 Å². The summed E-state index contributed by atoms with van der Waals surface area (Å²) in [6.07, 6.45) is 0.877. The fraction of sp³-hybridized carbons (Fsp3) is 0.207. The van der Waals surface area contributed by atoms with Crippen LogP contribution in [-0.2, 0) is 4.79 Å². The van der Waals surface area contributed by atoms with Gasteiger partial charge in [-0.3, -0.25) is 9.59 Å². The maximum atomic E-state index is 14.0. The number of rotatable bonds is 8. The monoisotopic (exact) mass is 532 g/mol. The van der Waals surface area contributed by atoms with Gasteiger partial charge in [0.05, 0.1) is 24.6 Å². The number of ether oxygens (including phenoxy) is 1. The molecule has 4 N–H and O–H groups in total. The molecule has 2 amide bonds. The van der Waals surface area contributed by atoms with Crippen LogP contribution in [0.2, 0.25) is 0 Å². The summed E-state index contributed by atoms with van der Waals surface area (Å²) in [5, 5.41) is 9.60. The maximum Gasteiger partial charge on any atom is 0.283 e. The van der Waals surface area contributed by atoms with Gasteiger partial charge < -0.3 is 25.6 Å². The number of halogens is 2. The van der Waals surface area contributed by atoms with E-state index in [-0.39, 0.29) is 17.9 Å². The number of aryl methyl sites for hydroxylation is 1. The zero-order valence-corrected chi connectivity index (χ0v) is 21.4. The van der Waals surface area contributed by atoms with E-state index in [0.717, 1.165) is 16.7 Å². The van der Waals surface area contributed by atoms with E-state index in [1.807, 2.05) is 13.0 Å². The van der Waals surface area contributed by atoms with E-state index in [4.69, 9.17) is 15.0 Å². The van der Waals surface area contributed by atoms with Crippen LogP contribution >= 0.6 is 0 Å². The van der Waals surface area contributed by atoms with Gasteiger partial charge in [0, 0.05) is 11.3 Å². The molecule has 8 nitrogen and oxygen atoms in total. The molecule has 1 fully saturated rings. The van der Waals surface area contributed by atoms with E-state index in [2.05, 4.69) is 22.4 Å². The van der Waals surface area contributed by atoms with E-state index >= 15 is 0 Å². The van der Waals surface area contributed by atoms with E-state index in [1.54, 1.807) is 42.5 Å². The number of nitrogens with two attached hydrogens (primary N) is 1. The normalized spacial score (nSPS) is 13.6. The molecule has 5 rings (SSSR count). The van der Waals surface area contributed by atoms with Gasteiger partial charge >= 0.3 is 0 Å². The largest absolute Gasteiger partial charge is 0.496 e. The van der Waals surface area contributed by atoms with Crippen LogP contribution in [0.3, 0.4) is 0 Å². The predicted molar refractivity (Wildman–Crippen MR) is 145 cm³/mol. The van der Waals surface area contributed by atoms with Crippen LogP contribution in [-0.4, -0.2) is 36.3 Å². The van der Waals surface area contributed by atoms with E-state index in [9.17, 15) is 18.4 Å². The lowest BCUT2D eigenvalue weighted by Crippen LogP contribution is -2.31. The molecule has 0 spiro atoms. The minimum Gasteiger partial charge on any atom is -0.496 e. The van der Waals surface area contributed by atoms with Crippen LogP contribution in [0.5, 0.6) is 5.75 Å². The van der Waals surface area contributed by atoms with Gasteiger partial charge in [-0.25, -0.2) is 8.78 Å². The molecule has 0 atom stereocenters. The molecule has 1 aliphatic rings. The molecule has 1 saturated carbocycles.